The molecule has 0 saturated carbocycles. The van der Waals surface area contributed by atoms with E-state index in [0.29, 0.717) is 6.42 Å². The second-order valence-electron chi connectivity index (χ2n) is 5.91. The first-order valence-electron chi connectivity index (χ1n) is 8.03. The topological polar surface area (TPSA) is 118 Å². The summed E-state index contributed by atoms with van der Waals surface area (Å²) < 4.78 is 0.885. The van der Waals surface area contributed by atoms with Crippen molar-refractivity contribution in [2.24, 2.45) is 0 Å². The normalized spacial score (nSPS) is 11.4. The SMILES string of the molecule is C[C@@H](CCc1ccccc1)NC(=O)Cn1cc([N+](=O)[O-])cc(C#N)c1=O. The third-order valence-electron chi connectivity index (χ3n) is 3.83. The fourth-order valence-electron chi connectivity index (χ4n) is 2.49. The van der Waals surface area contributed by atoms with Crippen molar-refractivity contribution >= 4 is 11.6 Å². The van der Waals surface area contributed by atoms with Gasteiger partial charge in [0.1, 0.15) is 18.2 Å². The van der Waals surface area contributed by atoms with Crippen molar-refractivity contribution in [1.29, 1.82) is 5.26 Å². The highest BCUT2D eigenvalue weighted by atomic mass is 16.6. The van der Waals surface area contributed by atoms with Crippen molar-refractivity contribution in [3.8, 4) is 6.07 Å². The molecule has 2 rings (SSSR count). The number of amides is 1. The molecule has 0 aliphatic heterocycles. The third-order valence-corrected chi connectivity index (χ3v) is 3.83. The number of hydrogen-bond donors (Lipinski definition) is 1. The molecule has 1 heterocycles. The summed E-state index contributed by atoms with van der Waals surface area (Å²) in [6.07, 6.45) is 2.47. The number of hydrogen-bond acceptors (Lipinski definition) is 5. The number of nitrogens with one attached hydrogen (secondary N) is 1. The molecule has 134 valence electrons. The Hall–Kier alpha value is -3.47. The standard InChI is InChI=1S/C18H18N4O4/c1-13(7-8-14-5-3-2-4-6-14)20-17(23)12-21-11-16(22(25)26)9-15(10-19)18(21)24/h2-6,9,11,13H,7-8,12H2,1H3,(H,20,23)/t13-/m0/s1. The Kier molecular flexibility index (Phi) is 6.22. The van der Waals surface area contributed by atoms with Crippen LogP contribution >= 0.6 is 0 Å². The van der Waals surface area contributed by atoms with Crippen LogP contribution in [0.25, 0.3) is 0 Å². The van der Waals surface area contributed by atoms with Gasteiger partial charge in [-0.25, -0.2) is 0 Å². The maximum absolute atomic E-state index is 12.1. The van der Waals surface area contributed by atoms with Crippen LogP contribution in [-0.2, 0) is 17.8 Å². The lowest BCUT2D eigenvalue weighted by molar-refractivity contribution is -0.385. The molecular formula is C18H18N4O4. The first kappa shape index (κ1) is 18.9. The van der Waals surface area contributed by atoms with Crippen LogP contribution in [0.2, 0.25) is 0 Å². The highest BCUT2D eigenvalue weighted by molar-refractivity contribution is 5.76. The quantitative estimate of drug-likeness (QED) is 0.600. The molecule has 1 N–H and O–H groups in total. The van der Waals surface area contributed by atoms with Crippen molar-refractivity contribution in [3.63, 3.8) is 0 Å². The fourth-order valence-corrected chi connectivity index (χ4v) is 2.49. The Morgan fingerprint density at radius 3 is 2.69 bits per heavy atom. The van der Waals surface area contributed by atoms with Crippen LogP contribution in [-0.4, -0.2) is 21.4 Å². The Balaban J connectivity index is 2.01. The van der Waals surface area contributed by atoms with Gasteiger partial charge in [-0.2, -0.15) is 5.26 Å². The van der Waals surface area contributed by atoms with Crippen LogP contribution in [0, 0.1) is 21.4 Å². The monoisotopic (exact) mass is 354 g/mol. The van der Waals surface area contributed by atoms with Gasteiger partial charge in [-0.3, -0.25) is 24.3 Å². The molecule has 8 heteroatoms. The van der Waals surface area contributed by atoms with E-state index in [-0.39, 0.29) is 18.2 Å². The van der Waals surface area contributed by atoms with Gasteiger partial charge in [-0.15, -0.1) is 0 Å². The van der Waals surface area contributed by atoms with E-state index in [2.05, 4.69) is 5.32 Å². The number of nitriles is 1. The zero-order valence-corrected chi connectivity index (χ0v) is 14.2. The van der Waals surface area contributed by atoms with E-state index in [1.54, 1.807) is 6.07 Å². The van der Waals surface area contributed by atoms with Crippen LogP contribution < -0.4 is 10.9 Å². The number of carbonyl (C=O) groups is 1. The first-order valence-corrected chi connectivity index (χ1v) is 8.03. The summed E-state index contributed by atoms with van der Waals surface area (Å²) >= 11 is 0. The molecule has 0 spiro atoms. The number of aromatic nitrogens is 1. The summed E-state index contributed by atoms with van der Waals surface area (Å²) in [6, 6.07) is 12.2. The molecule has 1 atom stereocenters. The van der Waals surface area contributed by atoms with Crippen LogP contribution in [0.5, 0.6) is 0 Å². The van der Waals surface area contributed by atoms with Crippen LogP contribution in [0.1, 0.15) is 24.5 Å². The van der Waals surface area contributed by atoms with Crippen molar-refractivity contribution in [2.75, 3.05) is 0 Å². The van der Waals surface area contributed by atoms with Crippen molar-refractivity contribution in [2.45, 2.75) is 32.4 Å². The summed E-state index contributed by atoms with van der Waals surface area (Å²) in [5.41, 5.74) is -0.359. The number of aryl methyl sites for hydroxylation is 1. The zero-order valence-electron chi connectivity index (χ0n) is 14.2. The van der Waals surface area contributed by atoms with Gasteiger partial charge in [0, 0.05) is 12.1 Å². The molecule has 1 aromatic heterocycles. The first-order chi connectivity index (χ1) is 12.4. The molecule has 8 nitrogen and oxygen atoms in total. The summed E-state index contributed by atoms with van der Waals surface area (Å²) in [5, 5.41) is 22.6. The van der Waals surface area contributed by atoms with Gasteiger partial charge in [0.2, 0.25) is 5.91 Å². The van der Waals surface area contributed by atoms with Gasteiger partial charge < -0.3 is 5.32 Å². The lowest BCUT2D eigenvalue weighted by Crippen LogP contribution is -2.38. The minimum absolute atomic E-state index is 0.132. The number of pyridine rings is 1. The van der Waals surface area contributed by atoms with Gasteiger partial charge in [0.25, 0.3) is 11.2 Å². The molecule has 0 aliphatic carbocycles. The summed E-state index contributed by atoms with van der Waals surface area (Å²) in [4.78, 5) is 34.4. The second-order valence-corrected chi connectivity index (χ2v) is 5.91. The fraction of sp³-hybridized carbons (Fsp3) is 0.278. The maximum atomic E-state index is 12.1. The Morgan fingerprint density at radius 2 is 2.08 bits per heavy atom. The maximum Gasteiger partial charge on any atom is 0.287 e. The van der Waals surface area contributed by atoms with Gasteiger partial charge in [0.05, 0.1) is 11.1 Å². The third kappa shape index (κ3) is 5.01. The second kappa shape index (κ2) is 8.58. The van der Waals surface area contributed by atoms with E-state index >= 15 is 0 Å². The lowest BCUT2D eigenvalue weighted by atomic mass is 10.1. The molecule has 0 fully saturated rings. The van der Waals surface area contributed by atoms with Crippen molar-refractivity contribution in [1.82, 2.24) is 9.88 Å². The molecule has 2 aromatic rings. The van der Waals surface area contributed by atoms with E-state index in [1.165, 1.54) is 0 Å². The molecule has 0 bridgehead atoms. The molecule has 0 saturated heterocycles. The zero-order chi connectivity index (χ0) is 19.1. The van der Waals surface area contributed by atoms with Gasteiger partial charge in [-0.05, 0) is 25.3 Å². The number of nitro groups is 1. The predicted octanol–water partition coefficient (Wildman–Crippen LogP) is 1.77. The van der Waals surface area contributed by atoms with E-state index in [4.69, 9.17) is 5.26 Å². The Labute approximate surface area is 149 Å². The van der Waals surface area contributed by atoms with Gasteiger partial charge in [-0.1, -0.05) is 30.3 Å². The number of rotatable bonds is 7. The van der Waals surface area contributed by atoms with Crippen LogP contribution in [0.3, 0.4) is 0 Å². The van der Waals surface area contributed by atoms with Crippen LogP contribution in [0.15, 0.2) is 47.4 Å². The summed E-state index contributed by atoms with van der Waals surface area (Å²) in [7, 11) is 0. The average Bonchev–Trinajstić information content (AvgIpc) is 2.62. The van der Waals surface area contributed by atoms with Gasteiger partial charge in [0.15, 0.2) is 0 Å². The molecule has 0 aliphatic rings. The predicted molar refractivity (Wildman–Crippen MR) is 94.4 cm³/mol. The molecule has 0 radical (unpaired) electrons. The van der Waals surface area contributed by atoms with Crippen molar-refractivity contribution < 1.29 is 9.72 Å². The van der Waals surface area contributed by atoms with E-state index < -0.39 is 22.1 Å². The highest BCUT2D eigenvalue weighted by Gasteiger charge is 2.16. The average molecular weight is 354 g/mol. The molecule has 1 aromatic carbocycles. The van der Waals surface area contributed by atoms with E-state index in [9.17, 15) is 19.7 Å². The Morgan fingerprint density at radius 1 is 1.38 bits per heavy atom. The largest absolute Gasteiger partial charge is 0.352 e. The number of nitrogens with zero attached hydrogens (tertiary/aromatic N) is 3. The van der Waals surface area contributed by atoms with E-state index in [1.807, 2.05) is 37.3 Å². The number of carbonyl (C=O) groups excluding carboxylic acids is 1. The molecule has 0 unspecified atom stereocenters. The molecule has 1 amide bonds. The van der Waals surface area contributed by atoms with Crippen LogP contribution in [0.4, 0.5) is 5.69 Å². The van der Waals surface area contributed by atoms with Gasteiger partial charge >= 0.3 is 0 Å². The Bertz CT molecular complexity index is 900. The smallest absolute Gasteiger partial charge is 0.287 e. The highest BCUT2D eigenvalue weighted by Crippen LogP contribution is 2.10. The number of benzene rings is 1. The van der Waals surface area contributed by atoms with Crippen molar-refractivity contribution in [3.05, 3.63) is 74.2 Å². The minimum atomic E-state index is -0.731. The summed E-state index contributed by atoms with van der Waals surface area (Å²) in [5.74, 6) is -0.447. The lowest BCUT2D eigenvalue weighted by Gasteiger charge is -2.14. The summed E-state index contributed by atoms with van der Waals surface area (Å²) in [6.45, 7) is 1.46. The molecular weight excluding hydrogens is 336 g/mol. The molecule has 26 heavy (non-hydrogen) atoms. The minimum Gasteiger partial charge on any atom is -0.352 e. The van der Waals surface area contributed by atoms with E-state index in [0.717, 1.165) is 28.8 Å².